The Bertz CT molecular complexity index is 689. The number of carbonyl (C=O) groups excluding carboxylic acids is 2. The van der Waals surface area contributed by atoms with Gasteiger partial charge in [-0.15, -0.1) is 11.3 Å². The van der Waals surface area contributed by atoms with Crippen LogP contribution >= 0.6 is 11.3 Å². The van der Waals surface area contributed by atoms with Gasteiger partial charge in [0, 0.05) is 10.6 Å². The molecule has 3 N–H and O–H groups in total. The van der Waals surface area contributed by atoms with E-state index in [1.54, 1.807) is 12.1 Å². The molecule has 6 heteroatoms. The molecule has 0 fully saturated rings. The zero-order chi connectivity index (χ0) is 14.3. The van der Waals surface area contributed by atoms with Gasteiger partial charge in [-0.2, -0.15) is 0 Å². The summed E-state index contributed by atoms with van der Waals surface area (Å²) in [6, 6.07) is 8.92. The molecule has 3 rings (SSSR count). The first-order valence-corrected chi connectivity index (χ1v) is 6.94. The van der Waals surface area contributed by atoms with Gasteiger partial charge in [-0.1, -0.05) is 12.1 Å². The van der Waals surface area contributed by atoms with Gasteiger partial charge in [0.05, 0.1) is 16.3 Å². The molecule has 0 saturated carbocycles. The Labute approximate surface area is 120 Å². The molecule has 2 heterocycles. The zero-order valence-corrected chi connectivity index (χ0v) is 11.7. The van der Waals surface area contributed by atoms with Crippen molar-refractivity contribution < 1.29 is 9.59 Å². The van der Waals surface area contributed by atoms with Gasteiger partial charge >= 0.3 is 0 Å². The number of amides is 2. The third-order valence-corrected chi connectivity index (χ3v) is 4.24. The number of thiophene rings is 1. The number of benzene rings is 1. The summed E-state index contributed by atoms with van der Waals surface area (Å²) in [6.45, 7) is 1.89. The second kappa shape index (κ2) is 4.64. The second-order valence-corrected chi connectivity index (χ2v) is 5.84. The van der Waals surface area contributed by atoms with Crippen LogP contribution in [0.3, 0.4) is 0 Å². The Morgan fingerprint density at radius 3 is 2.85 bits per heavy atom. The summed E-state index contributed by atoms with van der Waals surface area (Å²) in [5.74, 6) is -0.393. The number of hydrogen-bond acceptors (Lipinski definition) is 4. The number of hydrogen-bond donors (Lipinski definition) is 2. The first-order chi connectivity index (χ1) is 9.56. The van der Waals surface area contributed by atoms with Crippen LogP contribution in [0.1, 0.15) is 14.5 Å². The van der Waals surface area contributed by atoms with Crippen molar-refractivity contribution in [3.05, 3.63) is 40.1 Å². The Morgan fingerprint density at radius 2 is 2.15 bits per heavy atom. The van der Waals surface area contributed by atoms with E-state index in [9.17, 15) is 9.59 Å². The Morgan fingerprint density at radius 1 is 1.40 bits per heavy atom. The molecule has 1 aliphatic rings. The van der Waals surface area contributed by atoms with E-state index in [1.807, 2.05) is 25.1 Å². The number of carbonyl (C=O) groups is 2. The molecule has 0 saturated heterocycles. The molecule has 1 aromatic heterocycles. The standard InChI is InChI=1S/C14H13N3O2S/c1-8-9(15)6-12(20-8)14(19)17-7-13(18)16-10-4-2-3-5-11(10)17/h2-6H,7,15H2,1H3,(H,16,18). The Kier molecular flexibility index (Phi) is 2.94. The average molecular weight is 287 g/mol. The van der Waals surface area contributed by atoms with Gasteiger partial charge in [0.15, 0.2) is 0 Å². The van der Waals surface area contributed by atoms with Crippen molar-refractivity contribution in [2.24, 2.45) is 0 Å². The van der Waals surface area contributed by atoms with Crippen molar-refractivity contribution in [1.82, 2.24) is 0 Å². The molecule has 5 nitrogen and oxygen atoms in total. The van der Waals surface area contributed by atoms with E-state index in [2.05, 4.69) is 5.32 Å². The van der Waals surface area contributed by atoms with Crippen LogP contribution in [-0.4, -0.2) is 18.4 Å². The average Bonchev–Trinajstić information content (AvgIpc) is 2.77. The summed E-state index contributed by atoms with van der Waals surface area (Å²) in [5, 5.41) is 2.76. The number of nitrogens with zero attached hydrogens (tertiary/aromatic N) is 1. The maximum atomic E-state index is 12.6. The highest BCUT2D eigenvalue weighted by Crippen LogP contribution is 2.32. The minimum absolute atomic E-state index is 0.0205. The van der Waals surface area contributed by atoms with Crippen molar-refractivity contribution in [2.45, 2.75) is 6.92 Å². The Hall–Kier alpha value is -2.34. The van der Waals surface area contributed by atoms with Crippen molar-refractivity contribution >= 4 is 40.2 Å². The monoisotopic (exact) mass is 287 g/mol. The van der Waals surface area contributed by atoms with Crippen LogP contribution in [0.15, 0.2) is 30.3 Å². The highest BCUT2D eigenvalue weighted by atomic mass is 32.1. The molecule has 0 bridgehead atoms. The predicted octanol–water partition coefficient (Wildman–Crippen LogP) is 2.24. The van der Waals surface area contributed by atoms with Gasteiger partial charge in [-0.05, 0) is 25.1 Å². The first-order valence-electron chi connectivity index (χ1n) is 6.13. The minimum atomic E-state index is -0.197. The second-order valence-electron chi connectivity index (χ2n) is 4.58. The predicted molar refractivity (Wildman–Crippen MR) is 80.2 cm³/mol. The van der Waals surface area contributed by atoms with E-state index in [-0.39, 0.29) is 18.4 Å². The van der Waals surface area contributed by atoms with Crippen molar-refractivity contribution in [1.29, 1.82) is 0 Å². The molecule has 102 valence electrons. The number of para-hydroxylation sites is 2. The fourth-order valence-corrected chi connectivity index (χ4v) is 3.04. The summed E-state index contributed by atoms with van der Waals surface area (Å²) >= 11 is 1.34. The number of fused-ring (bicyclic) bond motifs is 1. The third-order valence-electron chi connectivity index (χ3n) is 3.18. The molecule has 20 heavy (non-hydrogen) atoms. The molecular weight excluding hydrogens is 274 g/mol. The van der Waals surface area contributed by atoms with E-state index < -0.39 is 0 Å². The summed E-state index contributed by atoms with van der Waals surface area (Å²) in [5.41, 5.74) is 7.76. The largest absolute Gasteiger partial charge is 0.398 e. The number of rotatable bonds is 1. The molecule has 0 radical (unpaired) electrons. The fraction of sp³-hybridized carbons (Fsp3) is 0.143. The van der Waals surface area contributed by atoms with Gasteiger partial charge in [0.2, 0.25) is 5.91 Å². The van der Waals surface area contributed by atoms with E-state index in [0.29, 0.717) is 21.9 Å². The van der Waals surface area contributed by atoms with E-state index >= 15 is 0 Å². The van der Waals surface area contributed by atoms with Crippen LogP contribution in [0.5, 0.6) is 0 Å². The van der Waals surface area contributed by atoms with Gasteiger partial charge in [0.25, 0.3) is 5.91 Å². The van der Waals surface area contributed by atoms with Crippen LogP contribution in [-0.2, 0) is 4.79 Å². The van der Waals surface area contributed by atoms with Crippen molar-refractivity contribution in [3.63, 3.8) is 0 Å². The molecule has 0 spiro atoms. The normalized spacial score (nSPS) is 13.8. The topological polar surface area (TPSA) is 75.4 Å². The smallest absolute Gasteiger partial charge is 0.268 e. The highest BCUT2D eigenvalue weighted by Gasteiger charge is 2.28. The summed E-state index contributed by atoms with van der Waals surface area (Å²) in [4.78, 5) is 27.2. The summed E-state index contributed by atoms with van der Waals surface area (Å²) < 4.78 is 0. The maximum Gasteiger partial charge on any atom is 0.268 e. The SMILES string of the molecule is Cc1sc(C(=O)N2CC(=O)Nc3ccccc32)cc1N. The third kappa shape index (κ3) is 2.04. The Balaban J connectivity index is 2.01. The molecule has 1 aliphatic heterocycles. The molecule has 2 amide bonds. The minimum Gasteiger partial charge on any atom is -0.398 e. The summed E-state index contributed by atoms with van der Waals surface area (Å²) in [6.07, 6.45) is 0. The lowest BCUT2D eigenvalue weighted by atomic mass is 10.2. The number of nitrogen functional groups attached to an aromatic ring is 1. The lowest BCUT2D eigenvalue weighted by Crippen LogP contribution is -2.41. The van der Waals surface area contributed by atoms with Gasteiger partial charge in [-0.25, -0.2) is 0 Å². The van der Waals surface area contributed by atoms with Crippen LogP contribution in [0, 0.1) is 6.92 Å². The maximum absolute atomic E-state index is 12.6. The molecule has 0 atom stereocenters. The van der Waals surface area contributed by atoms with Crippen LogP contribution in [0.2, 0.25) is 0 Å². The number of anilines is 3. The van der Waals surface area contributed by atoms with Gasteiger partial charge in [-0.3, -0.25) is 14.5 Å². The van der Waals surface area contributed by atoms with Crippen LogP contribution < -0.4 is 16.0 Å². The molecule has 0 aliphatic carbocycles. The molecule has 1 aromatic carbocycles. The fourth-order valence-electron chi connectivity index (χ4n) is 2.15. The molecular formula is C14H13N3O2S. The van der Waals surface area contributed by atoms with E-state index in [4.69, 9.17) is 5.73 Å². The molecule has 2 aromatic rings. The van der Waals surface area contributed by atoms with Crippen molar-refractivity contribution in [2.75, 3.05) is 22.5 Å². The van der Waals surface area contributed by atoms with E-state index in [1.165, 1.54) is 16.2 Å². The number of nitrogens with one attached hydrogen (secondary N) is 1. The van der Waals surface area contributed by atoms with Gasteiger partial charge < -0.3 is 11.1 Å². The number of aryl methyl sites for hydroxylation is 1. The zero-order valence-electron chi connectivity index (χ0n) is 10.8. The number of nitrogens with two attached hydrogens (primary N) is 1. The summed E-state index contributed by atoms with van der Waals surface area (Å²) in [7, 11) is 0. The quantitative estimate of drug-likeness (QED) is 0.844. The van der Waals surface area contributed by atoms with Crippen molar-refractivity contribution in [3.8, 4) is 0 Å². The molecule has 0 unspecified atom stereocenters. The van der Waals surface area contributed by atoms with Crippen LogP contribution in [0.4, 0.5) is 17.1 Å². The lowest BCUT2D eigenvalue weighted by Gasteiger charge is -2.28. The first kappa shape index (κ1) is 12.7. The van der Waals surface area contributed by atoms with Crippen LogP contribution in [0.25, 0.3) is 0 Å². The lowest BCUT2D eigenvalue weighted by molar-refractivity contribution is -0.115. The van der Waals surface area contributed by atoms with Gasteiger partial charge in [0.1, 0.15) is 6.54 Å². The highest BCUT2D eigenvalue weighted by molar-refractivity contribution is 7.14. The van der Waals surface area contributed by atoms with E-state index in [0.717, 1.165) is 4.88 Å².